The number of imide groups is 1. The van der Waals surface area contributed by atoms with Crippen LogP contribution in [0.5, 0.6) is 28.7 Å². The molecule has 3 rings (SSSR count). The van der Waals surface area contributed by atoms with Crippen LogP contribution >= 0.6 is 11.8 Å². The van der Waals surface area contributed by atoms with Gasteiger partial charge in [0.15, 0.2) is 11.5 Å². The molecule has 0 aromatic heterocycles. The highest BCUT2D eigenvalue weighted by atomic mass is 32.2. The van der Waals surface area contributed by atoms with E-state index in [4.69, 9.17) is 23.7 Å². The Hall–Kier alpha value is -4.76. The Morgan fingerprint density at radius 1 is 0.825 bits per heavy atom. The molecule has 15 heteroatoms. The van der Waals surface area contributed by atoms with Crippen LogP contribution in [0.25, 0.3) is 6.08 Å². The Morgan fingerprint density at radius 3 is 1.96 bits per heavy atom. The monoisotopic (exact) mass is 817 g/mol. The fourth-order valence-corrected chi connectivity index (χ4v) is 6.40. The lowest BCUT2D eigenvalue weighted by Gasteiger charge is -2.19. The van der Waals surface area contributed by atoms with Crippen molar-refractivity contribution in [2.75, 3.05) is 42.0 Å². The minimum absolute atomic E-state index is 0.00320. The number of thioether (sulfide) groups is 1. The van der Waals surface area contributed by atoms with E-state index in [0.717, 1.165) is 17.5 Å². The molecule has 318 valence electrons. The number of ether oxygens (including phenoxy) is 5. The third kappa shape index (κ3) is 19.3. The van der Waals surface area contributed by atoms with Gasteiger partial charge in [0.1, 0.15) is 23.5 Å². The molecule has 3 amide bonds. The highest BCUT2D eigenvalue weighted by molar-refractivity contribution is 8.01. The molecule has 0 heterocycles. The predicted molar refractivity (Wildman–Crippen MR) is 222 cm³/mol. The van der Waals surface area contributed by atoms with E-state index in [1.165, 1.54) is 52.0 Å². The molecule has 0 radical (unpaired) electrons. The van der Waals surface area contributed by atoms with E-state index < -0.39 is 23.9 Å². The van der Waals surface area contributed by atoms with Gasteiger partial charge in [-0.25, -0.2) is 9.59 Å². The van der Waals surface area contributed by atoms with Gasteiger partial charge in [-0.15, -0.1) is 16.8 Å². The van der Waals surface area contributed by atoms with E-state index in [1.54, 1.807) is 54.0 Å². The molecule has 0 bridgehead atoms. The molecule has 2 aromatic rings. The third-order valence-corrected chi connectivity index (χ3v) is 9.59. The van der Waals surface area contributed by atoms with Crippen LogP contribution < -0.4 is 34.7 Å². The SMILES string of the molecule is CCC(=O)N(OC(=O)CCCC=O)C(=O)CC.CN.COc1cc(OC)c(/C=C/SCc2ccc(OC)c(OC(=O)NCCC3CCCCCCC3)c2)c(OC)c1. The lowest BCUT2D eigenvalue weighted by Crippen LogP contribution is -2.38. The van der Waals surface area contributed by atoms with E-state index in [2.05, 4.69) is 15.9 Å². The van der Waals surface area contributed by atoms with Crippen LogP contribution in [0.2, 0.25) is 0 Å². The summed E-state index contributed by atoms with van der Waals surface area (Å²) in [4.78, 5) is 61.2. The Bertz CT molecular complexity index is 1500. The molecule has 1 fully saturated rings. The largest absolute Gasteiger partial charge is 0.496 e. The van der Waals surface area contributed by atoms with Crippen molar-refractivity contribution in [3.05, 3.63) is 46.9 Å². The molecular weight excluding hydrogens is 755 g/mol. The first-order chi connectivity index (χ1) is 27.6. The van der Waals surface area contributed by atoms with Crippen LogP contribution in [-0.4, -0.2) is 77.3 Å². The number of nitrogens with zero attached hydrogens (tertiary/aromatic N) is 1. The molecule has 2 aromatic carbocycles. The van der Waals surface area contributed by atoms with E-state index in [-0.39, 0.29) is 25.7 Å². The van der Waals surface area contributed by atoms with Gasteiger partial charge in [0.25, 0.3) is 11.8 Å². The lowest BCUT2D eigenvalue weighted by molar-refractivity contribution is -0.202. The highest BCUT2D eigenvalue weighted by Crippen LogP contribution is 2.36. The van der Waals surface area contributed by atoms with Gasteiger partial charge >= 0.3 is 12.1 Å². The number of amides is 3. The van der Waals surface area contributed by atoms with Gasteiger partial charge in [-0.3, -0.25) is 9.59 Å². The summed E-state index contributed by atoms with van der Waals surface area (Å²) in [5.74, 6) is 2.51. The number of benzene rings is 2. The first-order valence-corrected chi connectivity index (χ1v) is 20.5. The van der Waals surface area contributed by atoms with Crippen LogP contribution in [0.1, 0.15) is 108 Å². The van der Waals surface area contributed by atoms with Gasteiger partial charge in [0, 0.05) is 50.1 Å². The summed E-state index contributed by atoms with van der Waals surface area (Å²) >= 11 is 1.60. The summed E-state index contributed by atoms with van der Waals surface area (Å²) in [6, 6.07) is 9.29. The smallest absolute Gasteiger partial charge is 0.412 e. The number of aldehydes is 1. The average Bonchev–Trinajstić information content (AvgIpc) is 3.22. The minimum Gasteiger partial charge on any atom is -0.496 e. The molecular formula is C42H63N3O11S. The zero-order valence-electron chi connectivity index (χ0n) is 34.7. The van der Waals surface area contributed by atoms with Crippen molar-refractivity contribution in [2.24, 2.45) is 11.7 Å². The number of unbranched alkanes of at least 4 members (excludes halogenated alkanes) is 1. The molecule has 1 aliphatic carbocycles. The van der Waals surface area contributed by atoms with Crippen molar-refractivity contribution in [1.82, 2.24) is 10.4 Å². The summed E-state index contributed by atoms with van der Waals surface area (Å²) < 4.78 is 27.4. The second-order valence-electron chi connectivity index (χ2n) is 12.7. The van der Waals surface area contributed by atoms with Crippen LogP contribution in [0.15, 0.2) is 35.7 Å². The number of carbonyl (C=O) groups excluding carboxylic acids is 5. The summed E-state index contributed by atoms with van der Waals surface area (Å²) in [6.07, 6.45) is 13.1. The van der Waals surface area contributed by atoms with Crippen molar-refractivity contribution in [1.29, 1.82) is 0 Å². The highest BCUT2D eigenvalue weighted by Gasteiger charge is 2.23. The standard InChI is InChI=1S/C30H41NO6S.C11H17NO5.CH5N/c1-33-24-19-27(35-3)25(28(20-24)36-4)15-17-38-21-23-12-13-26(34-2)29(18-23)37-30(32)31-16-14-22-10-8-6-5-7-9-11-22;1-3-9(14)12(10(15)4-2)17-11(16)7-5-6-8-13;1-2/h12-13,15,17-20,22H,5-11,14,16,21H2,1-4H3,(H,31,32);8H,3-7H2,1-2H3;2H2,1H3/b17-15+;;. The first kappa shape index (κ1) is 50.3. The van der Waals surface area contributed by atoms with Crippen molar-refractivity contribution in [3.63, 3.8) is 0 Å². The van der Waals surface area contributed by atoms with Crippen molar-refractivity contribution < 1.29 is 52.5 Å². The van der Waals surface area contributed by atoms with E-state index in [1.807, 2.05) is 41.8 Å². The van der Waals surface area contributed by atoms with Crippen LogP contribution in [0.3, 0.4) is 0 Å². The number of hydrogen-bond donors (Lipinski definition) is 2. The van der Waals surface area contributed by atoms with Gasteiger partial charge in [-0.2, -0.15) is 0 Å². The van der Waals surface area contributed by atoms with Gasteiger partial charge in [0.05, 0.1) is 34.0 Å². The summed E-state index contributed by atoms with van der Waals surface area (Å²) in [5.41, 5.74) is 6.34. The minimum atomic E-state index is -0.685. The molecule has 0 spiro atoms. The fraction of sp³-hybridized carbons (Fsp3) is 0.548. The van der Waals surface area contributed by atoms with Crippen LogP contribution in [0, 0.1) is 5.92 Å². The molecule has 0 aliphatic heterocycles. The second-order valence-corrected chi connectivity index (χ2v) is 13.6. The van der Waals surface area contributed by atoms with Crippen LogP contribution in [0.4, 0.5) is 4.79 Å². The molecule has 3 N–H and O–H groups in total. The van der Waals surface area contributed by atoms with Crippen molar-refractivity contribution >= 4 is 48.0 Å². The maximum absolute atomic E-state index is 12.5. The van der Waals surface area contributed by atoms with Crippen LogP contribution in [-0.2, 0) is 29.8 Å². The maximum atomic E-state index is 12.5. The predicted octanol–water partition coefficient (Wildman–Crippen LogP) is 8.03. The zero-order valence-corrected chi connectivity index (χ0v) is 35.5. The van der Waals surface area contributed by atoms with E-state index >= 15 is 0 Å². The quantitative estimate of drug-likeness (QED) is 0.0839. The number of nitrogens with two attached hydrogens (primary N) is 1. The van der Waals surface area contributed by atoms with Gasteiger partial charge in [-0.05, 0) is 55.0 Å². The molecule has 0 saturated heterocycles. The number of methoxy groups -OCH3 is 4. The first-order valence-electron chi connectivity index (χ1n) is 19.4. The topological polar surface area (TPSA) is 182 Å². The Kier molecular flexibility index (Phi) is 26.8. The summed E-state index contributed by atoms with van der Waals surface area (Å²) in [6.45, 7) is 3.77. The Balaban J connectivity index is 0.000000719. The number of hydroxylamine groups is 2. The molecule has 1 aliphatic rings. The Labute approximate surface area is 342 Å². The molecule has 0 atom stereocenters. The van der Waals surface area contributed by atoms with Gasteiger partial charge in [-0.1, -0.05) is 64.9 Å². The van der Waals surface area contributed by atoms with E-state index in [0.29, 0.717) is 64.7 Å². The van der Waals surface area contributed by atoms with E-state index in [9.17, 15) is 24.0 Å². The molecule has 1 saturated carbocycles. The summed E-state index contributed by atoms with van der Waals surface area (Å²) in [5, 5.41) is 5.41. The number of carbonyl (C=O) groups is 5. The third-order valence-electron chi connectivity index (χ3n) is 8.77. The summed E-state index contributed by atoms with van der Waals surface area (Å²) in [7, 11) is 7.91. The molecule has 0 unspecified atom stereocenters. The van der Waals surface area contributed by atoms with Crippen molar-refractivity contribution in [3.8, 4) is 28.7 Å². The van der Waals surface area contributed by atoms with Gasteiger partial charge < -0.3 is 44.4 Å². The lowest BCUT2D eigenvalue weighted by atomic mass is 9.89. The maximum Gasteiger partial charge on any atom is 0.412 e. The number of nitrogens with one attached hydrogen (secondary N) is 1. The zero-order chi connectivity index (χ0) is 42.4. The fourth-order valence-electron chi connectivity index (χ4n) is 5.70. The molecule has 57 heavy (non-hydrogen) atoms. The number of rotatable bonds is 18. The second kappa shape index (κ2) is 30.4. The van der Waals surface area contributed by atoms with Gasteiger partial charge in [0.2, 0.25) is 0 Å². The number of hydrogen-bond acceptors (Lipinski definition) is 13. The van der Waals surface area contributed by atoms with Crippen molar-refractivity contribution in [2.45, 2.75) is 103 Å². The Morgan fingerprint density at radius 2 is 1.42 bits per heavy atom. The molecule has 14 nitrogen and oxygen atoms in total. The average molecular weight is 818 g/mol. The normalized spacial score (nSPS) is 12.6.